The van der Waals surface area contributed by atoms with Crippen molar-refractivity contribution < 1.29 is 10.2 Å². The van der Waals surface area contributed by atoms with Gasteiger partial charge in [-0.1, -0.05) is 19.3 Å². The Morgan fingerprint density at radius 1 is 0.421 bits per heavy atom. The normalized spacial score (nSPS) is 11.1. The minimum atomic E-state index is 0.346. The van der Waals surface area contributed by atoms with Gasteiger partial charge in [-0.25, -0.2) is 0 Å². The van der Waals surface area contributed by atoms with Crippen LogP contribution in [0.1, 0.15) is 57.8 Å². The molecule has 0 aromatic carbocycles. The van der Waals surface area contributed by atoms with E-state index in [0.717, 1.165) is 25.7 Å². The fraction of sp³-hybridized carbons (Fsp3) is 1.00. The van der Waals surface area contributed by atoms with Crippen molar-refractivity contribution in [3.8, 4) is 0 Å². The van der Waals surface area contributed by atoms with E-state index in [1.54, 1.807) is 0 Å². The van der Waals surface area contributed by atoms with Crippen molar-refractivity contribution in [2.75, 3.05) is 36.2 Å². The minimum Gasteiger partial charge on any atom is -0.396 e. The van der Waals surface area contributed by atoms with Crippen LogP contribution in [0.25, 0.3) is 0 Å². The van der Waals surface area contributed by atoms with Crippen LogP contribution in [0.2, 0.25) is 0 Å². The second-order valence-electron chi connectivity index (χ2n) is 4.85. The van der Waals surface area contributed by atoms with E-state index in [1.165, 1.54) is 55.1 Å². The average Bonchev–Trinajstić information content (AvgIpc) is 2.43. The first kappa shape index (κ1) is 19.6. The topological polar surface area (TPSA) is 40.5 Å². The van der Waals surface area contributed by atoms with Gasteiger partial charge in [-0.2, -0.15) is 23.5 Å². The molecule has 19 heavy (non-hydrogen) atoms. The van der Waals surface area contributed by atoms with E-state index in [4.69, 9.17) is 10.2 Å². The van der Waals surface area contributed by atoms with Crippen LogP contribution in [-0.2, 0) is 0 Å². The van der Waals surface area contributed by atoms with Gasteiger partial charge in [-0.05, 0) is 61.5 Å². The van der Waals surface area contributed by atoms with E-state index in [9.17, 15) is 0 Å². The molecule has 0 saturated heterocycles. The van der Waals surface area contributed by atoms with Crippen molar-refractivity contribution in [3.63, 3.8) is 0 Å². The van der Waals surface area contributed by atoms with E-state index < -0.39 is 0 Å². The third-order valence-corrected chi connectivity index (χ3v) is 5.28. The molecule has 0 atom stereocenters. The molecular weight excluding hydrogens is 276 g/mol. The lowest BCUT2D eigenvalue weighted by atomic mass is 10.2. The molecule has 0 heterocycles. The summed E-state index contributed by atoms with van der Waals surface area (Å²) in [5, 5.41) is 17.3. The molecule has 0 rings (SSSR count). The zero-order chi connectivity index (χ0) is 14.0. The number of unbranched alkanes of at least 4 members (excludes halogenated alkanes) is 6. The van der Waals surface area contributed by atoms with Gasteiger partial charge < -0.3 is 10.2 Å². The Labute approximate surface area is 128 Å². The predicted octanol–water partition coefficient (Wildman–Crippen LogP) is 3.95. The second kappa shape index (κ2) is 18.6. The fourth-order valence-electron chi connectivity index (χ4n) is 1.77. The Bertz CT molecular complexity index is 141. The van der Waals surface area contributed by atoms with Crippen LogP contribution in [0.15, 0.2) is 0 Å². The van der Waals surface area contributed by atoms with Gasteiger partial charge in [0.05, 0.1) is 0 Å². The van der Waals surface area contributed by atoms with Gasteiger partial charge in [0.25, 0.3) is 0 Å². The molecule has 2 nitrogen and oxygen atoms in total. The number of aliphatic hydroxyl groups is 2. The number of hydrogen-bond donors (Lipinski definition) is 2. The molecule has 0 bridgehead atoms. The summed E-state index contributed by atoms with van der Waals surface area (Å²) >= 11 is 4.07. The van der Waals surface area contributed by atoms with E-state index in [1.807, 2.05) is 23.5 Å². The van der Waals surface area contributed by atoms with Gasteiger partial charge in [-0.15, -0.1) is 0 Å². The SMILES string of the molecule is OCCCCSCCCCCCCSCCCCO. The molecule has 0 saturated carbocycles. The molecule has 2 N–H and O–H groups in total. The van der Waals surface area contributed by atoms with Crippen molar-refractivity contribution in [3.05, 3.63) is 0 Å². The molecule has 0 fully saturated rings. The van der Waals surface area contributed by atoms with Crippen LogP contribution < -0.4 is 0 Å². The van der Waals surface area contributed by atoms with Gasteiger partial charge >= 0.3 is 0 Å². The highest BCUT2D eigenvalue weighted by atomic mass is 32.2. The average molecular weight is 309 g/mol. The zero-order valence-corrected chi connectivity index (χ0v) is 14.0. The lowest BCUT2D eigenvalue weighted by Crippen LogP contribution is -1.89. The smallest absolute Gasteiger partial charge is 0.0431 e. The van der Waals surface area contributed by atoms with Crippen LogP contribution in [0.5, 0.6) is 0 Å². The molecule has 0 radical (unpaired) electrons. The van der Waals surface area contributed by atoms with Gasteiger partial charge in [-0.3, -0.25) is 0 Å². The van der Waals surface area contributed by atoms with Crippen LogP contribution in [0, 0.1) is 0 Å². The van der Waals surface area contributed by atoms with E-state index in [2.05, 4.69) is 0 Å². The predicted molar refractivity (Wildman–Crippen MR) is 90.4 cm³/mol. The Kier molecular flexibility index (Phi) is 19.2. The largest absolute Gasteiger partial charge is 0.396 e. The van der Waals surface area contributed by atoms with Gasteiger partial charge in [0.15, 0.2) is 0 Å². The summed E-state index contributed by atoms with van der Waals surface area (Å²) in [6.07, 6.45) is 11.1. The first-order valence-electron chi connectivity index (χ1n) is 7.79. The Morgan fingerprint density at radius 2 is 0.737 bits per heavy atom. The quantitative estimate of drug-likeness (QED) is 0.424. The second-order valence-corrected chi connectivity index (χ2v) is 7.30. The fourth-order valence-corrected chi connectivity index (χ4v) is 3.82. The lowest BCUT2D eigenvalue weighted by Gasteiger charge is -2.03. The number of rotatable bonds is 16. The molecular formula is C15H32O2S2. The molecule has 116 valence electrons. The molecule has 0 aliphatic rings. The van der Waals surface area contributed by atoms with Crippen LogP contribution in [0.4, 0.5) is 0 Å². The van der Waals surface area contributed by atoms with Crippen molar-refractivity contribution in [2.24, 2.45) is 0 Å². The zero-order valence-electron chi connectivity index (χ0n) is 12.3. The maximum absolute atomic E-state index is 8.65. The highest BCUT2D eigenvalue weighted by Crippen LogP contribution is 2.13. The summed E-state index contributed by atoms with van der Waals surface area (Å²) in [6.45, 7) is 0.692. The maximum Gasteiger partial charge on any atom is 0.0431 e. The minimum absolute atomic E-state index is 0.346. The highest BCUT2D eigenvalue weighted by molar-refractivity contribution is 7.99. The van der Waals surface area contributed by atoms with E-state index in [-0.39, 0.29) is 0 Å². The summed E-state index contributed by atoms with van der Waals surface area (Å²) in [5.41, 5.74) is 0. The molecule has 4 heteroatoms. The van der Waals surface area contributed by atoms with Gasteiger partial charge in [0.2, 0.25) is 0 Å². The Balaban J connectivity index is 2.88. The monoisotopic (exact) mass is 308 g/mol. The van der Waals surface area contributed by atoms with Crippen molar-refractivity contribution >= 4 is 23.5 Å². The number of aliphatic hydroxyl groups excluding tert-OH is 2. The molecule has 0 aliphatic carbocycles. The van der Waals surface area contributed by atoms with Crippen molar-refractivity contribution in [1.82, 2.24) is 0 Å². The van der Waals surface area contributed by atoms with Gasteiger partial charge in [0.1, 0.15) is 0 Å². The van der Waals surface area contributed by atoms with Crippen molar-refractivity contribution in [1.29, 1.82) is 0 Å². The van der Waals surface area contributed by atoms with E-state index >= 15 is 0 Å². The Hall–Kier alpha value is 0.620. The van der Waals surface area contributed by atoms with Crippen molar-refractivity contribution in [2.45, 2.75) is 57.8 Å². The molecule has 0 spiro atoms. The molecule has 0 amide bonds. The first-order valence-corrected chi connectivity index (χ1v) is 10.1. The highest BCUT2D eigenvalue weighted by Gasteiger charge is 1.94. The maximum atomic E-state index is 8.65. The third kappa shape index (κ3) is 18.6. The number of thioether (sulfide) groups is 2. The lowest BCUT2D eigenvalue weighted by molar-refractivity contribution is 0.287. The molecule has 0 aromatic rings. The summed E-state index contributed by atoms with van der Waals surface area (Å²) in [5.74, 6) is 5.01. The number of hydrogen-bond acceptors (Lipinski definition) is 4. The third-order valence-electron chi connectivity index (χ3n) is 2.97. The molecule has 0 aliphatic heterocycles. The summed E-state index contributed by atoms with van der Waals surface area (Å²) in [7, 11) is 0. The first-order chi connectivity index (χ1) is 9.41. The molecule has 0 aromatic heterocycles. The standard InChI is InChI=1S/C15H32O2S2/c16-10-4-8-14-18-12-6-2-1-3-7-13-19-15-9-5-11-17/h16-17H,1-15H2. The van der Waals surface area contributed by atoms with Crippen LogP contribution >= 0.6 is 23.5 Å². The molecule has 0 unspecified atom stereocenters. The van der Waals surface area contributed by atoms with Gasteiger partial charge in [0, 0.05) is 13.2 Å². The summed E-state index contributed by atoms with van der Waals surface area (Å²) in [4.78, 5) is 0. The van der Waals surface area contributed by atoms with E-state index in [0.29, 0.717) is 13.2 Å². The van der Waals surface area contributed by atoms with Crippen LogP contribution in [0.3, 0.4) is 0 Å². The van der Waals surface area contributed by atoms with Crippen LogP contribution in [-0.4, -0.2) is 46.4 Å². The summed E-state index contributed by atoms with van der Waals surface area (Å²) < 4.78 is 0. The summed E-state index contributed by atoms with van der Waals surface area (Å²) in [6, 6.07) is 0. The Morgan fingerprint density at radius 3 is 1.11 bits per heavy atom.